The third-order valence-corrected chi connectivity index (χ3v) is 4.92. The van der Waals surface area contributed by atoms with Crippen LogP contribution in [0.1, 0.15) is 12.0 Å². The van der Waals surface area contributed by atoms with Crippen molar-refractivity contribution in [3.05, 3.63) is 98.7 Å². The largest absolute Gasteiger partial charge is 0.341 e. The molecule has 1 atom stereocenters. The molecule has 1 unspecified atom stereocenters. The first kappa shape index (κ1) is 19.6. The molecule has 1 aliphatic heterocycles. The molecule has 0 spiro atoms. The molecule has 1 aliphatic rings. The van der Waals surface area contributed by atoms with Crippen molar-refractivity contribution in [2.24, 2.45) is 0 Å². The molecule has 7 nitrogen and oxygen atoms in total. The zero-order chi connectivity index (χ0) is 20.1. The molecule has 0 amide bonds. The Balaban J connectivity index is 1.90. The Labute approximate surface area is 162 Å². The first-order valence-corrected chi connectivity index (χ1v) is 9.31. The van der Waals surface area contributed by atoms with Crippen molar-refractivity contribution < 1.29 is 4.90 Å². The number of nitrogens with one attached hydrogen (secondary N) is 1. The summed E-state index contributed by atoms with van der Waals surface area (Å²) in [4.78, 5) is 39.0. The smallest absolute Gasteiger partial charge is 0.314 e. The van der Waals surface area contributed by atoms with Crippen molar-refractivity contribution in [3.8, 4) is 0 Å². The highest BCUT2D eigenvalue weighted by atomic mass is 16.2. The molecule has 0 saturated heterocycles. The molecule has 1 aromatic carbocycles. The molecule has 2 heterocycles. The second-order valence-corrected chi connectivity index (χ2v) is 6.78. The van der Waals surface area contributed by atoms with E-state index in [4.69, 9.17) is 0 Å². The van der Waals surface area contributed by atoms with Gasteiger partial charge in [-0.3, -0.25) is 0 Å². The standard InChI is InChI=1S/C21H24N4O3/c1-3-12-23-19(26)24(13-4-2)21(28)25(20(23)27)16-22-14-10-18(11-15-22)17-8-6-5-7-9-17/h3-10H,1-2,11-16H2/p+1. The van der Waals surface area contributed by atoms with Crippen molar-refractivity contribution in [1.29, 1.82) is 0 Å². The zero-order valence-corrected chi connectivity index (χ0v) is 15.8. The second-order valence-electron chi connectivity index (χ2n) is 6.78. The second kappa shape index (κ2) is 8.67. The fourth-order valence-electron chi connectivity index (χ4n) is 3.45. The van der Waals surface area contributed by atoms with Crippen LogP contribution in [0, 0.1) is 0 Å². The van der Waals surface area contributed by atoms with E-state index in [2.05, 4.69) is 31.4 Å². The van der Waals surface area contributed by atoms with Crippen molar-refractivity contribution >= 4 is 5.57 Å². The number of rotatable bonds is 7. The Hall–Kier alpha value is -3.19. The molecule has 2 aromatic rings. The zero-order valence-electron chi connectivity index (χ0n) is 15.8. The number of quaternary nitrogens is 1. The number of allylic oxidation sites excluding steroid dienone is 2. The molecule has 146 valence electrons. The third-order valence-electron chi connectivity index (χ3n) is 4.92. The monoisotopic (exact) mass is 381 g/mol. The van der Waals surface area contributed by atoms with Crippen molar-refractivity contribution in [3.63, 3.8) is 0 Å². The molecule has 7 heteroatoms. The first-order valence-electron chi connectivity index (χ1n) is 9.31. The SMILES string of the molecule is C=CCn1c(=O)n(CC=C)c(=O)n(C[NH+]2CC=C(c3ccccc3)CC2)c1=O. The lowest BCUT2D eigenvalue weighted by Crippen LogP contribution is -3.12. The van der Waals surface area contributed by atoms with Crippen LogP contribution in [-0.4, -0.2) is 26.8 Å². The van der Waals surface area contributed by atoms with Gasteiger partial charge in [-0.15, -0.1) is 13.2 Å². The van der Waals surface area contributed by atoms with E-state index in [0.717, 1.165) is 31.6 Å². The summed E-state index contributed by atoms with van der Waals surface area (Å²) in [7, 11) is 0. The van der Waals surface area contributed by atoms with Crippen LogP contribution in [-0.2, 0) is 19.8 Å². The van der Waals surface area contributed by atoms with Crippen LogP contribution in [0.3, 0.4) is 0 Å². The van der Waals surface area contributed by atoms with Gasteiger partial charge >= 0.3 is 17.1 Å². The molecule has 1 aromatic heterocycles. The highest BCUT2D eigenvalue weighted by Gasteiger charge is 2.21. The minimum Gasteiger partial charge on any atom is -0.314 e. The molecule has 3 rings (SSSR count). The highest BCUT2D eigenvalue weighted by molar-refractivity contribution is 5.65. The quantitative estimate of drug-likeness (QED) is 0.680. The average Bonchev–Trinajstić information content (AvgIpc) is 2.73. The lowest BCUT2D eigenvalue weighted by atomic mass is 10.00. The predicted octanol–water partition coefficient (Wildman–Crippen LogP) is -0.127. The van der Waals surface area contributed by atoms with Gasteiger partial charge in [-0.05, 0) is 17.2 Å². The van der Waals surface area contributed by atoms with E-state index in [1.165, 1.54) is 23.3 Å². The van der Waals surface area contributed by atoms with Crippen molar-refractivity contribution in [1.82, 2.24) is 13.7 Å². The lowest BCUT2D eigenvalue weighted by molar-refractivity contribution is -0.918. The number of hydrogen-bond acceptors (Lipinski definition) is 3. The number of hydrogen-bond donors (Lipinski definition) is 1. The summed E-state index contributed by atoms with van der Waals surface area (Å²) < 4.78 is 3.21. The van der Waals surface area contributed by atoms with Gasteiger partial charge in [-0.1, -0.05) is 42.5 Å². The highest BCUT2D eigenvalue weighted by Crippen LogP contribution is 2.17. The minimum absolute atomic E-state index is 0.0580. The normalized spacial score (nSPS) is 16.4. The molecule has 0 radical (unpaired) electrons. The molecule has 1 N–H and O–H groups in total. The predicted molar refractivity (Wildman–Crippen MR) is 109 cm³/mol. The van der Waals surface area contributed by atoms with Gasteiger partial charge in [0.05, 0.1) is 26.2 Å². The minimum atomic E-state index is -0.633. The van der Waals surface area contributed by atoms with Gasteiger partial charge in [-0.2, -0.15) is 4.57 Å². The maximum atomic E-state index is 12.7. The van der Waals surface area contributed by atoms with E-state index < -0.39 is 17.1 Å². The first-order chi connectivity index (χ1) is 13.6. The third kappa shape index (κ3) is 3.89. The van der Waals surface area contributed by atoms with E-state index in [-0.39, 0.29) is 19.8 Å². The van der Waals surface area contributed by atoms with Gasteiger partial charge in [0.25, 0.3) is 0 Å². The van der Waals surface area contributed by atoms with Crippen molar-refractivity contribution in [2.75, 3.05) is 13.1 Å². The maximum absolute atomic E-state index is 12.7. The van der Waals surface area contributed by atoms with Gasteiger partial charge in [0.15, 0.2) is 6.67 Å². The van der Waals surface area contributed by atoms with E-state index in [9.17, 15) is 14.4 Å². The van der Waals surface area contributed by atoms with Crippen molar-refractivity contribution in [2.45, 2.75) is 26.2 Å². The summed E-state index contributed by atoms with van der Waals surface area (Å²) in [6.45, 7) is 9.02. The average molecular weight is 381 g/mol. The van der Waals surface area contributed by atoms with Gasteiger partial charge in [0.1, 0.15) is 0 Å². The molecule has 0 aliphatic carbocycles. The van der Waals surface area contributed by atoms with Gasteiger partial charge in [0.2, 0.25) is 0 Å². The summed E-state index contributed by atoms with van der Waals surface area (Å²) in [5, 5.41) is 0. The van der Waals surface area contributed by atoms with E-state index in [1.807, 2.05) is 18.2 Å². The van der Waals surface area contributed by atoms with Crippen LogP contribution in [0.5, 0.6) is 0 Å². The van der Waals surface area contributed by atoms with Crippen LogP contribution >= 0.6 is 0 Å². The number of aromatic nitrogens is 3. The maximum Gasteiger partial charge on any atom is 0.341 e. The van der Waals surface area contributed by atoms with E-state index >= 15 is 0 Å². The summed E-state index contributed by atoms with van der Waals surface area (Å²) in [5.41, 5.74) is 0.649. The Morgan fingerprint density at radius 2 is 1.46 bits per heavy atom. The summed E-state index contributed by atoms with van der Waals surface area (Å²) in [5.74, 6) is 0. The summed E-state index contributed by atoms with van der Waals surface area (Å²) in [6.07, 6.45) is 5.96. The van der Waals surface area contributed by atoms with Gasteiger partial charge in [0, 0.05) is 6.42 Å². The molecular formula is C21H25N4O3+. The van der Waals surface area contributed by atoms with Crippen LogP contribution in [0.25, 0.3) is 5.57 Å². The van der Waals surface area contributed by atoms with Gasteiger partial charge < -0.3 is 4.90 Å². The Kier molecular flexibility index (Phi) is 6.06. The van der Waals surface area contributed by atoms with Crippen LogP contribution in [0.15, 0.2) is 76.1 Å². The van der Waals surface area contributed by atoms with E-state index in [1.54, 1.807) is 0 Å². The summed E-state index contributed by atoms with van der Waals surface area (Å²) in [6, 6.07) is 10.2. The topological polar surface area (TPSA) is 70.4 Å². The molecule has 0 fully saturated rings. The number of benzene rings is 1. The molecule has 0 saturated carbocycles. The van der Waals surface area contributed by atoms with E-state index in [0.29, 0.717) is 6.54 Å². The fraction of sp³-hybridized carbons (Fsp3) is 0.286. The Morgan fingerprint density at radius 3 is 1.96 bits per heavy atom. The fourth-order valence-corrected chi connectivity index (χ4v) is 3.45. The Morgan fingerprint density at radius 1 is 0.893 bits per heavy atom. The van der Waals surface area contributed by atoms with Crippen LogP contribution < -0.4 is 22.0 Å². The van der Waals surface area contributed by atoms with Crippen LogP contribution in [0.4, 0.5) is 0 Å². The number of nitrogens with zero attached hydrogens (tertiary/aromatic N) is 3. The summed E-state index contributed by atoms with van der Waals surface area (Å²) >= 11 is 0. The van der Waals surface area contributed by atoms with Crippen LogP contribution in [0.2, 0.25) is 0 Å². The molecule has 0 bridgehead atoms. The lowest BCUT2D eigenvalue weighted by Gasteiger charge is -2.24. The molecular weight excluding hydrogens is 356 g/mol. The molecule has 28 heavy (non-hydrogen) atoms. The van der Waals surface area contributed by atoms with Gasteiger partial charge in [-0.25, -0.2) is 23.5 Å². The Bertz CT molecular complexity index is 1030.